The molecule has 1 N–H and O–H groups in total. The molecule has 90 valence electrons. The second-order valence-electron chi connectivity index (χ2n) is 3.90. The molecule has 0 atom stereocenters. The minimum Gasteiger partial charge on any atom is -0.370 e. The van der Waals surface area contributed by atoms with Crippen molar-refractivity contribution in [3.63, 3.8) is 0 Å². The highest BCUT2D eigenvalue weighted by Gasteiger charge is 2.05. The number of aromatic nitrogens is 1. The first-order valence-electron chi connectivity index (χ1n) is 6.27. The fourth-order valence-electron chi connectivity index (χ4n) is 1.76. The number of nitrogens with one attached hydrogen (secondary N) is 1. The number of hydrogen-bond donors (Lipinski definition) is 1. The zero-order valence-corrected chi connectivity index (χ0v) is 10.7. The number of anilines is 2. The molecule has 0 aromatic carbocycles. The van der Waals surface area contributed by atoms with E-state index in [1.165, 1.54) is 0 Å². The van der Waals surface area contributed by atoms with Crippen molar-refractivity contribution >= 4 is 11.6 Å². The fraction of sp³-hybridized carbons (Fsp3) is 0.615. The molecule has 0 aliphatic rings. The average Bonchev–Trinajstić information content (AvgIpc) is 2.30. The van der Waals surface area contributed by atoms with E-state index in [1.54, 1.807) is 0 Å². The van der Waals surface area contributed by atoms with Crippen molar-refractivity contribution in [2.45, 2.75) is 33.6 Å². The molecule has 1 aromatic rings. The number of pyridine rings is 1. The van der Waals surface area contributed by atoms with E-state index in [-0.39, 0.29) is 0 Å². The summed E-state index contributed by atoms with van der Waals surface area (Å²) in [6.45, 7) is 9.57. The number of nitrogens with zero attached hydrogens (tertiary/aromatic N) is 2. The summed E-state index contributed by atoms with van der Waals surface area (Å²) in [5.41, 5.74) is 0. The van der Waals surface area contributed by atoms with E-state index >= 15 is 0 Å². The lowest BCUT2D eigenvalue weighted by atomic mass is 10.3. The Morgan fingerprint density at radius 1 is 1.12 bits per heavy atom. The molecular weight excluding hydrogens is 198 g/mol. The fourth-order valence-corrected chi connectivity index (χ4v) is 1.76. The monoisotopic (exact) mass is 221 g/mol. The van der Waals surface area contributed by atoms with Crippen LogP contribution in [-0.2, 0) is 0 Å². The molecule has 1 rings (SSSR count). The summed E-state index contributed by atoms with van der Waals surface area (Å²) in [6, 6.07) is 6.17. The number of hydrogen-bond acceptors (Lipinski definition) is 3. The second kappa shape index (κ2) is 7.09. The predicted octanol–water partition coefficient (Wildman–Crippen LogP) is 3.14. The molecule has 0 fully saturated rings. The van der Waals surface area contributed by atoms with Crippen LogP contribution in [0.5, 0.6) is 0 Å². The summed E-state index contributed by atoms with van der Waals surface area (Å²) in [4.78, 5) is 6.96. The van der Waals surface area contributed by atoms with Gasteiger partial charge in [-0.05, 0) is 31.9 Å². The maximum atomic E-state index is 4.61. The molecule has 0 amide bonds. The highest BCUT2D eigenvalue weighted by molar-refractivity contribution is 5.46. The van der Waals surface area contributed by atoms with Crippen LogP contribution >= 0.6 is 0 Å². The molecule has 0 spiro atoms. The largest absolute Gasteiger partial charge is 0.370 e. The van der Waals surface area contributed by atoms with Gasteiger partial charge in [-0.3, -0.25) is 0 Å². The molecule has 0 aliphatic carbocycles. The quantitative estimate of drug-likeness (QED) is 0.766. The van der Waals surface area contributed by atoms with Crippen LogP contribution in [0.4, 0.5) is 11.6 Å². The highest BCUT2D eigenvalue weighted by Crippen LogP contribution is 2.14. The SMILES string of the molecule is CCCN(CCC)c1cccc(NCC)n1. The molecule has 0 bridgehead atoms. The molecular formula is C13H23N3. The average molecular weight is 221 g/mol. The summed E-state index contributed by atoms with van der Waals surface area (Å²) in [6.07, 6.45) is 2.32. The van der Waals surface area contributed by atoms with Crippen molar-refractivity contribution in [1.82, 2.24) is 4.98 Å². The smallest absolute Gasteiger partial charge is 0.130 e. The van der Waals surface area contributed by atoms with Gasteiger partial charge in [-0.15, -0.1) is 0 Å². The molecule has 3 heteroatoms. The van der Waals surface area contributed by atoms with Crippen LogP contribution in [0.1, 0.15) is 33.6 Å². The normalized spacial score (nSPS) is 10.2. The zero-order chi connectivity index (χ0) is 11.8. The second-order valence-corrected chi connectivity index (χ2v) is 3.90. The van der Waals surface area contributed by atoms with Crippen molar-refractivity contribution in [2.24, 2.45) is 0 Å². The van der Waals surface area contributed by atoms with Crippen LogP contribution in [-0.4, -0.2) is 24.6 Å². The summed E-state index contributed by atoms with van der Waals surface area (Å²) in [5.74, 6) is 2.05. The topological polar surface area (TPSA) is 28.2 Å². The Bertz CT molecular complexity index is 293. The van der Waals surface area contributed by atoms with Crippen molar-refractivity contribution in [3.05, 3.63) is 18.2 Å². The highest BCUT2D eigenvalue weighted by atomic mass is 15.2. The Balaban J connectivity index is 2.77. The molecule has 0 unspecified atom stereocenters. The first-order chi connectivity index (χ1) is 7.81. The Morgan fingerprint density at radius 2 is 1.81 bits per heavy atom. The van der Waals surface area contributed by atoms with Gasteiger partial charge in [-0.2, -0.15) is 0 Å². The van der Waals surface area contributed by atoms with E-state index in [9.17, 15) is 0 Å². The van der Waals surface area contributed by atoms with Crippen LogP contribution in [0, 0.1) is 0 Å². The van der Waals surface area contributed by atoms with E-state index in [2.05, 4.69) is 48.1 Å². The number of rotatable bonds is 7. The minimum atomic E-state index is 0.915. The first kappa shape index (κ1) is 12.8. The Morgan fingerprint density at radius 3 is 2.38 bits per heavy atom. The van der Waals surface area contributed by atoms with Gasteiger partial charge in [0, 0.05) is 19.6 Å². The van der Waals surface area contributed by atoms with Crippen LogP contribution in [0.15, 0.2) is 18.2 Å². The summed E-state index contributed by atoms with van der Waals surface area (Å²) < 4.78 is 0. The van der Waals surface area contributed by atoms with E-state index < -0.39 is 0 Å². The summed E-state index contributed by atoms with van der Waals surface area (Å²) >= 11 is 0. The molecule has 16 heavy (non-hydrogen) atoms. The summed E-state index contributed by atoms with van der Waals surface area (Å²) in [7, 11) is 0. The van der Waals surface area contributed by atoms with Gasteiger partial charge in [0.15, 0.2) is 0 Å². The molecule has 0 aliphatic heterocycles. The van der Waals surface area contributed by atoms with E-state index in [1.807, 2.05) is 6.07 Å². The Hall–Kier alpha value is -1.25. The maximum absolute atomic E-state index is 4.61. The van der Waals surface area contributed by atoms with Crippen LogP contribution in [0.3, 0.4) is 0 Å². The van der Waals surface area contributed by atoms with Gasteiger partial charge >= 0.3 is 0 Å². The third kappa shape index (κ3) is 3.72. The lowest BCUT2D eigenvalue weighted by Gasteiger charge is -2.23. The van der Waals surface area contributed by atoms with Gasteiger partial charge in [0.2, 0.25) is 0 Å². The van der Waals surface area contributed by atoms with Gasteiger partial charge in [-0.1, -0.05) is 19.9 Å². The van der Waals surface area contributed by atoms with E-state index in [0.29, 0.717) is 0 Å². The molecule has 3 nitrogen and oxygen atoms in total. The van der Waals surface area contributed by atoms with E-state index in [0.717, 1.165) is 44.1 Å². The lowest BCUT2D eigenvalue weighted by Crippen LogP contribution is -2.25. The molecule has 1 heterocycles. The van der Waals surface area contributed by atoms with Gasteiger partial charge in [0.25, 0.3) is 0 Å². The van der Waals surface area contributed by atoms with E-state index in [4.69, 9.17) is 0 Å². The summed E-state index contributed by atoms with van der Waals surface area (Å²) in [5, 5.41) is 3.25. The van der Waals surface area contributed by atoms with Gasteiger partial charge in [0.05, 0.1) is 0 Å². The van der Waals surface area contributed by atoms with Gasteiger partial charge < -0.3 is 10.2 Å². The minimum absolute atomic E-state index is 0.915. The predicted molar refractivity (Wildman–Crippen MR) is 71.2 cm³/mol. The van der Waals surface area contributed by atoms with Crippen molar-refractivity contribution < 1.29 is 0 Å². The standard InChI is InChI=1S/C13H23N3/c1-4-10-16(11-5-2)13-9-7-8-12(15-13)14-6-3/h7-9H,4-6,10-11H2,1-3H3,(H,14,15). The maximum Gasteiger partial charge on any atom is 0.130 e. The van der Waals surface area contributed by atoms with Crippen LogP contribution in [0.2, 0.25) is 0 Å². The third-order valence-electron chi connectivity index (χ3n) is 2.40. The lowest BCUT2D eigenvalue weighted by molar-refractivity contribution is 0.734. The van der Waals surface area contributed by atoms with Crippen molar-refractivity contribution in [2.75, 3.05) is 29.9 Å². The van der Waals surface area contributed by atoms with Crippen LogP contribution < -0.4 is 10.2 Å². The Labute approximate surface area is 98.9 Å². The van der Waals surface area contributed by atoms with Crippen molar-refractivity contribution in [3.8, 4) is 0 Å². The van der Waals surface area contributed by atoms with Gasteiger partial charge in [0.1, 0.15) is 11.6 Å². The molecule has 0 saturated heterocycles. The van der Waals surface area contributed by atoms with Crippen molar-refractivity contribution in [1.29, 1.82) is 0 Å². The Kier molecular flexibility index (Phi) is 5.68. The molecule has 0 radical (unpaired) electrons. The molecule has 0 saturated carbocycles. The molecule has 1 aromatic heterocycles. The van der Waals surface area contributed by atoms with Gasteiger partial charge in [-0.25, -0.2) is 4.98 Å². The zero-order valence-electron chi connectivity index (χ0n) is 10.7. The first-order valence-corrected chi connectivity index (χ1v) is 6.27. The van der Waals surface area contributed by atoms with Crippen LogP contribution in [0.25, 0.3) is 0 Å². The third-order valence-corrected chi connectivity index (χ3v) is 2.40.